The summed E-state index contributed by atoms with van der Waals surface area (Å²) in [5, 5.41) is 9.88. The van der Waals surface area contributed by atoms with E-state index in [4.69, 9.17) is 4.74 Å². The Kier molecular flexibility index (Phi) is 4.34. The fraction of sp³-hybridized carbons (Fsp3) is 0.500. The minimum atomic E-state index is 0.115. The number of aliphatic hydroxyl groups is 1. The van der Waals surface area contributed by atoms with Crippen molar-refractivity contribution < 1.29 is 9.84 Å². The van der Waals surface area contributed by atoms with Crippen LogP contribution in [0.1, 0.15) is 66.9 Å². The van der Waals surface area contributed by atoms with Crippen LogP contribution in [0.25, 0.3) is 0 Å². The number of piperidine rings is 1. The van der Waals surface area contributed by atoms with Crippen molar-refractivity contribution in [1.82, 2.24) is 4.90 Å². The van der Waals surface area contributed by atoms with Crippen molar-refractivity contribution in [3.05, 3.63) is 70.8 Å². The zero-order valence-electron chi connectivity index (χ0n) is 16.2. The van der Waals surface area contributed by atoms with Crippen LogP contribution in [0.2, 0.25) is 0 Å². The molecular weight excluding hydrogens is 334 g/mol. The number of fused-ring (bicyclic) bond motifs is 5. The predicted molar refractivity (Wildman–Crippen MR) is 106 cm³/mol. The molecule has 2 aromatic carbocycles. The Morgan fingerprint density at radius 1 is 1.07 bits per heavy atom. The molecule has 142 valence electrons. The molecule has 3 aliphatic rings. The molecule has 0 aromatic heterocycles. The number of hydrogen-bond donors (Lipinski definition) is 1. The number of nitrogens with zero attached hydrogens (tertiary/aromatic N) is 1. The van der Waals surface area contributed by atoms with E-state index >= 15 is 0 Å². The molecule has 0 spiro atoms. The lowest BCUT2D eigenvalue weighted by molar-refractivity contribution is -0.0691. The summed E-state index contributed by atoms with van der Waals surface area (Å²) in [5.74, 6) is 0.831. The number of hydrogen-bond acceptors (Lipinski definition) is 3. The van der Waals surface area contributed by atoms with E-state index in [1.807, 2.05) is 0 Å². The molecule has 0 radical (unpaired) electrons. The highest BCUT2D eigenvalue weighted by Crippen LogP contribution is 2.54. The van der Waals surface area contributed by atoms with Crippen LogP contribution in [0.5, 0.6) is 0 Å². The first kappa shape index (κ1) is 17.4. The van der Waals surface area contributed by atoms with Crippen LogP contribution in [0, 0.1) is 5.92 Å². The zero-order chi connectivity index (χ0) is 18.5. The van der Waals surface area contributed by atoms with E-state index in [-0.39, 0.29) is 18.9 Å². The molecule has 0 bridgehead atoms. The second kappa shape index (κ2) is 6.73. The topological polar surface area (TPSA) is 32.7 Å². The van der Waals surface area contributed by atoms with Crippen molar-refractivity contribution in [3.8, 4) is 0 Å². The quantitative estimate of drug-likeness (QED) is 0.866. The van der Waals surface area contributed by atoms with Crippen molar-refractivity contribution in [2.45, 2.75) is 63.4 Å². The second-order valence-corrected chi connectivity index (χ2v) is 8.75. The van der Waals surface area contributed by atoms with Gasteiger partial charge in [0.05, 0.1) is 12.1 Å². The lowest BCUT2D eigenvalue weighted by atomic mass is 9.84. The van der Waals surface area contributed by atoms with E-state index in [1.165, 1.54) is 22.3 Å². The molecular formula is C24H29NO2. The van der Waals surface area contributed by atoms with Crippen LogP contribution in [0.3, 0.4) is 0 Å². The molecule has 2 saturated heterocycles. The van der Waals surface area contributed by atoms with Crippen molar-refractivity contribution >= 4 is 0 Å². The van der Waals surface area contributed by atoms with E-state index in [0.29, 0.717) is 23.9 Å². The van der Waals surface area contributed by atoms with Crippen LogP contribution in [0.4, 0.5) is 0 Å². The Labute approximate surface area is 162 Å². The fourth-order valence-corrected chi connectivity index (χ4v) is 5.63. The highest BCUT2D eigenvalue weighted by molar-refractivity contribution is 5.45. The number of aliphatic hydroxyl groups excluding tert-OH is 1. The summed E-state index contributed by atoms with van der Waals surface area (Å²) >= 11 is 0. The molecule has 0 amide bonds. The smallest absolute Gasteiger partial charge is 0.112 e. The van der Waals surface area contributed by atoms with Crippen molar-refractivity contribution in [1.29, 1.82) is 0 Å². The van der Waals surface area contributed by atoms with Gasteiger partial charge in [0.1, 0.15) is 6.23 Å². The maximum absolute atomic E-state index is 9.88. The zero-order valence-corrected chi connectivity index (χ0v) is 16.2. The molecule has 2 heterocycles. The molecule has 2 fully saturated rings. The maximum atomic E-state index is 9.88. The van der Waals surface area contributed by atoms with Gasteiger partial charge in [0.2, 0.25) is 0 Å². The highest BCUT2D eigenvalue weighted by atomic mass is 16.5. The van der Waals surface area contributed by atoms with Gasteiger partial charge in [-0.2, -0.15) is 0 Å². The van der Waals surface area contributed by atoms with Crippen LogP contribution >= 0.6 is 0 Å². The van der Waals surface area contributed by atoms with Gasteiger partial charge in [0.25, 0.3) is 0 Å². The lowest BCUT2D eigenvalue weighted by Gasteiger charge is -2.43. The predicted octanol–water partition coefficient (Wildman–Crippen LogP) is 4.58. The van der Waals surface area contributed by atoms with Gasteiger partial charge < -0.3 is 9.84 Å². The summed E-state index contributed by atoms with van der Waals surface area (Å²) < 4.78 is 6.61. The largest absolute Gasteiger partial charge is 0.396 e. The van der Waals surface area contributed by atoms with Crippen LogP contribution < -0.4 is 0 Å². The summed E-state index contributed by atoms with van der Waals surface area (Å²) in [7, 11) is 0. The molecule has 5 rings (SSSR count). The van der Waals surface area contributed by atoms with Crippen molar-refractivity contribution in [3.63, 3.8) is 0 Å². The summed E-state index contributed by atoms with van der Waals surface area (Å²) in [6, 6.07) is 18.3. The Morgan fingerprint density at radius 2 is 1.89 bits per heavy atom. The number of ether oxygens (including phenoxy) is 1. The molecule has 0 saturated carbocycles. The van der Waals surface area contributed by atoms with Gasteiger partial charge in [-0.1, -0.05) is 62.4 Å². The molecule has 5 atom stereocenters. The van der Waals surface area contributed by atoms with Gasteiger partial charge in [0.15, 0.2) is 0 Å². The summed E-state index contributed by atoms with van der Waals surface area (Å²) in [6.45, 7) is 4.84. The Morgan fingerprint density at radius 3 is 2.63 bits per heavy atom. The number of benzene rings is 2. The molecule has 1 N–H and O–H groups in total. The van der Waals surface area contributed by atoms with Gasteiger partial charge in [0, 0.05) is 19.1 Å². The monoisotopic (exact) mass is 363 g/mol. The second-order valence-electron chi connectivity index (χ2n) is 8.75. The average molecular weight is 364 g/mol. The SMILES string of the molecule is CC(C)c1cccc2c1[C@H]1[C@@H](C2)O[C@@H]2C[C@@H](CO)C[C@@H](c3ccccc3)N21. The van der Waals surface area contributed by atoms with Crippen LogP contribution in [-0.4, -0.2) is 28.9 Å². The minimum Gasteiger partial charge on any atom is -0.396 e. The van der Waals surface area contributed by atoms with E-state index in [2.05, 4.69) is 67.3 Å². The third-order valence-corrected chi connectivity index (χ3v) is 6.80. The standard InChI is InChI=1S/C24H29NO2/c1-15(2)19-10-6-9-18-13-21-24(23(18)19)25-20(17-7-4-3-5-8-17)11-16(14-26)12-22(25)27-21/h3-10,15-16,20-22,24,26H,11-14H2,1-2H3/t16-,20-,21+,22+,24+/m0/s1. The van der Waals surface area contributed by atoms with Crippen LogP contribution in [0.15, 0.2) is 48.5 Å². The van der Waals surface area contributed by atoms with Crippen molar-refractivity contribution in [2.75, 3.05) is 6.61 Å². The first-order chi connectivity index (χ1) is 13.2. The van der Waals surface area contributed by atoms with E-state index in [1.54, 1.807) is 0 Å². The van der Waals surface area contributed by atoms with Gasteiger partial charge in [-0.3, -0.25) is 4.90 Å². The molecule has 3 heteroatoms. The van der Waals surface area contributed by atoms with Gasteiger partial charge in [-0.25, -0.2) is 0 Å². The van der Waals surface area contributed by atoms with E-state index in [9.17, 15) is 5.11 Å². The first-order valence-electron chi connectivity index (χ1n) is 10.4. The normalized spacial score (nSPS) is 32.4. The Hall–Kier alpha value is -1.68. The van der Waals surface area contributed by atoms with Gasteiger partial charge in [-0.15, -0.1) is 0 Å². The van der Waals surface area contributed by atoms with Gasteiger partial charge in [-0.05, 0) is 46.9 Å². The average Bonchev–Trinajstić information content (AvgIpc) is 3.22. The maximum Gasteiger partial charge on any atom is 0.112 e. The third-order valence-electron chi connectivity index (χ3n) is 6.80. The third kappa shape index (κ3) is 2.75. The van der Waals surface area contributed by atoms with E-state index < -0.39 is 0 Å². The molecule has 2 aliphatic heterocycles. The Balaban J connectivity index is 1.60. The molecule has 0 unspecified atom stereocenters. The molecule has 1 aliphatic carbocycles. The summed E-state index contributed by atoms with van der Waals surface area (Å²) in [5.41, 5.74) is 5.80. The summed E-state index contributed by atoms with van der Waals surface area (Å²) in [4.78, 5) is 2.64. The molecule has 2 aromatic rings. The highest BCUT2D eigenvalue weighted by Gasteiger charge is 2.53. The molecule has 27 heavy (non-hydrogen) atoms. The number of rotatable bonds is 3. The van der Waals surface area contributed by atoms with Gasteiger partial charge >= 0.3 is 0 Å². The summed E-state index contributed by atoms with van der Waals surface area (Å²) in [6.07, 6.45) is 3.31. The Bertz CT molecular complexity index is 818. The lowest BCUT2D eigenvalue weighted by Crippen LogP contribution is -2.43. The van der Waals surface area contributed by atoms with E-state index in [0.717, 1.165) is 19.3 Å². The fourth-order valence-electron chi connectivity index (χ4n) is 5.63. The minimum absolute atomic E-state index is 0.115. The first-order valence-corrected chi connectivity index (χ1v) is 10.4. The van der Waals surface area contributed by atoms with Crippen LogP contribution in [-0.2, 0) is 11.2 Å². The van der Waals surface area contributed by atoms with Crippen molar-refractivity contribution in [2.24, 2.45) is 5.92 Å². The molecule has 3 nitrogen and oxygen atoms in total.